The second kappa shape index (κ2) is 3.93. The van der Waals surface area contributed by atoms with Crippen LogP contribution in [-0.4, -0.2) is 43.4 Å². The molecule has 1 heterocycles. The van der Waals surface area contributed by atoms with Crippen molar-refractivity contribution in [3.8, 4) is 0 Å². The van der Waals surface area contributed by atoms with Crippen LogP contribution in [0.5, 0.6) is 0 Å². The van der Waals surface area contributed by atoms with Crippen LogP contribution in [0.3, 0.4) is 0 Å². The van der Waals surface area contributed by atoms with Crippen LogP contribution in [0.4, 0.5) is 4.39 Å². The molecule has 1 saturated heterocycles. The van der Waals surface area contributed by atoms with Crippen molar-refractivity contribution in [2.24, 2.45) is 0 Å². The smallest absolute Gasteiger partial charge is 0.103 e. The van der Waals surface area contributed by atoms with Crippen LogP contribution in [0.15, 0.2) is 0 Å². The van der Waals surface area contributed by atoms with Crippen molar-refractivity contribution in [2.75, 3.05) is 20.2 Å². The van der Waals surface area contributed by atoms with E-state index in [2.05, 4.69) is 4.90 Å². The van der Waals surface area contributed by atoms with Crippen molar-refractivity contribution in [3.05, 3.63) is 0 Å². The molecule has 13 heavy (non-hydrogen) atoms. The van der Waals surface area contributed by atoms with Gasteiger partial charge in [-0.15, -0.1) is 0 Å². The Hall–Kier alpha value is -0.150. The minimum absolute atomic E-state index is 0.466. The molecule has 2 nitrogen and oxygen atoms in total. The number of likely N-dealkylation sites (tertiary alicyclic amines) is 1. The number of methoxy groups -OCH3 is 1. The molecule has 76 valence electrons. The lowest BCUT2D eigenvalue weighted by molar-refractivity contribution is -0.0377. The molecule has 2 fully saturated rings. The first-order chi connectivity index (χ1) is 6.29. The molecule has 2 aliphatic rings. The van der Waals surface area contributed by atoms with Gasteiger partial charge in [-0.05, 0) is 25.7 Å². The van der Waals surface area contributed by atoms with E-state index in [1.54, 1.807) is 7.11 Å². The molecule has 1 aliphatic carbocycles. The quantitative estimate of drug-likeness (QED) is 0.651. The number of alkyl halides is 1. The summed E-state index contributed by atoms with van der Waals surface area (Å²) in [6.07, 6.45) is 3.67. The molecular weight excluding hydrogens is 169 g/mol. The SMILES string of the molecule is CO[C@H]1C[C@H](N2CCC(F)CC2)C1. The number of ether oxygens (including phenoxy) is 1. The predicted molar refractivity (Wildman–Crippen MR) is 49.5 cm³/mol. The van der Waals surface area contributed by atoms with Gasteiger partial charge in [0.05, 0.1) is 6.10 Å². The summed E-state index contributed by atoms with van der Waals surface area (Å²) in [6.45, 7) is 1.89. The third kappa shape index (κ3) is 2.02. The van der Waals surface area contributed by atoms with Gasteiger partial charge in [-0.2, -0.15) is 0 Å². The van der Waals surface area contributed by atoms with Gasteiger partial charge in [0, 0.05) is 26.2 Å². The van der Waals surface area contributed by atoms with Gasteiger partial charge in [-0.1, -0.05) is 0 Å². The van der Waals surface area contributed by atoms with Crippen LogP contribution in [0, 0.1) is 0 Å². The lowest BCUT2D eigenvalue weighted by Crippen LogP contribution is -2.50. The predicted octanol–water partition coefficient (Wildman–Crippen LogP) is 1.60. The standard InChI is InChI=1S/C10H18FNO/c1-13-10-6-9(7-10)12-4-2-8(11)3-5-12/h8-10H,2-7H2,1H3/t9-,10-. The number of piperidine rings is 1. The van der Waals surface area contributed by atoms with Gasteiger partial charge in [-0.25, -0.2) is 4.39 Å². The van der Waals surface area contributed by atoms with Crippen molar-refractivity contribution >= 4 is 0 Å². The van der Waals surface area contributed by atoms with Gasteiger partial charge >= 0.3 is 0 Å². The second-order valence-electron chi connectivity index (χ2n) is 4.19. The zero-order valence-corrected chi connectivity index (χ0v) is 8.21. The minimum Gasteiger partial charge on any atom is -0.381 e. The van der Waals surface area contributed by atoms with Crippen molar-refractivity contribution in [3.63, 3.8) is 0 Å². The summed E-state index contributed by atoms with van der Waals surface area (Å²) in [5.74, 6) is 0. The van der Waals surface area contributed by atoms with Gasteiger partial charge in [0.25, 0.3) is 0 Å². The van der Waals surface area contributed by atoms with Crippen molar-refractivity contribution in [1.29, 1.82) is 0 Å². The number of halogens is 1. The number of rotatable bonds is 2. The third-order valence-corrected chi connectivity index (χ3v) is 3.38. The lowest BCUT2D eigenvalue weighted by Gasteiger charge is -2.44. The normalized spacial score (nSPS) is 37.4. The molecule has 0 unspecified atom stereocenters. The molecule has 2 rings (SSSR count). The molecule has 0 atom stereocenters. The number of hydrogen-bond acceptors (Lipinski definition) is 2. The van der Waals surface area contributed by atoms with E-state index in [0.717, 1.165) is 38.8 Å². The Kier molecular flexibility index (Phi) is 2.84. The molecule has 1 aliphatic heterocycles. The third-order valence-electron chi connectivity index (χ3n) is 3.38. The van der Waals surface area contributed by atoms with Gasteiger partial charge in [0.2, 0.25) is 0 Å². The first-order valence-electron chi connectivity index (χ1n) is 5.20. The lowest BCUT2D eigenvalue weighted by atomic mass is 9.86. The van der Waals surface area contributed by atoms with Crippen LogP contribution in [0.2, 0.25) is 0 Å². The Balaban J connectivity index is 1.71. The maximum absolute atomic E-state index is 12.8. The molecule has 0 aromatic carbocycles. The van der Waals surface area contributed by atoms with E-state index in [1.165, 1.54) is 0 Å². The van der Waals surface area contributed by atoms with Crippen molar-refractivity contribution in [2.45, 2.75) is 44.0 Å². The zero-order chi connectivity index (χ0) is 9.26. The molecule has 0 aromatic heterocycles. The molecule has 1 saturated carbocycles. The molecule has 0 spiro atoms. The van der Waals surface area contributed by atoms with Gasteiger partial charge < -0.3 is 4.74 Å². The highest BCUT2D eigenvalue weighted by molar-refractivity contribution is 4.89. The van der Waals surface area contributed by atoms with E-state index in [0.29, 0.717) is 12.1 Å². The highest BCUT2D eigenvalue weighted by Crippen LogP contribution is 2.30. The minimum atomic E-state index is -0.547. The monoisotopic (exact) mass is 187 g/mol. The number of hydrogen-bond donors (Lipinski definition) is 0. The largest absolute Gasteiger partial charge is 0.381 e. The van der Waals surface area contributed by atoms with Crippen LogP contribution in [0.1, 0.15) is 25.7 Å². The molecular formula is C10H18FNO. The maximum Gasteiger partial charge on any atom is 0.103 e. The topological polar surface area (TPSA) is 12.5 Å². The van der Waals surface area contributed by atoms with E-state index in [-0.39, 0.29) is 0 Å². The molecule has 0 radical (unpaired) electrons. The Morgan fingerprint density at radius 3 is 2.38 bits per heavy atom. The van der Waals surface area contributed by atoms with Gasteiger partial charge in [-0.3, -0.25) is 4.90 Å². The summed E-state index contributed by atoms with van der Waals surface area (Å²) in [7, 11) is 1.77. The summed E-state index contributed by atoms with van der Waals surface area (Å²) >= 11 is 0. The molecule has 0 amide bonds. The highest BCUT2D eigenvalue weighted by atomic mass is 19.1. The van der Waals surface area contributed by atoms with Crippen LogP contribution in [0.25, 0.3) is 0 Å². The maximum atomic E-state index is 12.8. The Morgan fingerprint density at radius 2 is 1.85 bits per heavy atom. The average molecular weight is 187 g/mol. The molecule has 0 bridgehead atoms. The average Bonchev–Trinajstić information content (AvgIpc) is 2.06. The molecule has 0 N–H and O–H groups in total. The second-order valence-corrected chi connectivity index (χ2v) is 4.19. The summed E-state index contributed by atoms with van der Waals surface area (Å²) < 4.78 is 18.1. The van der Waals surface area contributed by atoms with E-state index >= 15 is 0 Å². The van der Waals surface area contributed by atoms with E-state index in [4.69, 9.17) is 4.74 Å². The highest BCUT2D eigenvalue weighted by Gasteiger charge is 2.35. The molecule has 3 heteroatoms. The summed E-state index contributed by atoms with van der Waals surface area (Å²) in [4.78, 5) is 2.42. The van der Waals surface area contributed by atoms with E-state index in [9.17, 15) is 4.39 Å². The Morgan fingerprint density at radius 1 is 1.23 bits per heavy atom. The summed E-state index contributed by atoms with van der Waals surface area (Å²) in [5, 5.41) is 0. The van der Waals surface area contributed by atoms with Crippen molar-refractivity contribution < 1.29 is 9.13 Å². The Labute approximate surface area is 79.1 Å². The number of nitrogens with zero attached hydrogens (tertiary/aromatic N) is 1. The zero-order valence-electron chi connectivity index (χ0n) is 8.21. The first-order valence-corrected chi connectivity index (χ1v) is 5.20. The summed E-state index contributed by atoms with van der Waals surface area (Å²) in [5.41, 5.74) is 0. The van der Waals surface area contributed by atoms with Crippen LogP contribution in [-0.2, 0) is 4.74 Å². The van der Waals surface area contributed by atoms with Crippen molar-refractivity contribution in [1.82, 2.24) is 4.90 Å². The van der Waals surface area contributed by atoms with E-state index in [1.807, 2.05) is 0 Å². The summed E-state index contributed by atoms with van der Waals surface area (Å²) in [6, 6.07) is 0.678. The van der Waals surface area contributed by atoms with Gasteiger partial charge in [0.1, 0.15) is 6.17 Å². The Bertz CT molecular complexity index is 162. The van der Waals surface area contributed by atoms with E-state index < -0.39 is 6.17 Å². The first kappa shape index (κ1) is 9.41. The fourth-order valence-corrected chi connectivity index (χ4v) is 2.26. The van der Waals surface area contributed by atoms with Crippen LogP contribution >= 0.6 is 0 Å². The van der Waals surface area contributed by atoms with Crippen LogP contribution < -0.4 is 0 Å². The fraction of sp³-hybridized carbons (Fsp3) is 1.00. The molecule has 0 aromatic rings. The van der Waals surface area contributed by atoms with Gasteiger partial charge in [0.15, 0.2) is 0 Å². The fourth-order valence-electron chi connectivity index (χ4n) is 2.26.